The van der Waals surface area contributed by atoms with E-state index in [4.69, 9.17) is 4.74 Å². The molecule has 0 radical (unpaired) electrons. The standard InChI is InChI=1S/C16H23F2NO/c1-11(2)19(8-13-4-5-20-10-13)9-14-6-15(17)12(3)16(18)7-14/h6-7,11,13H,4-5,8-10H2,1-3H3. The molecule has 0 bridgehead atoms. The summed E-state index contributed by atoms with van der Waals surface area (Å²) in [6, 6.07) is 3.22. The van der Waals surface area contributed by atoms with Gasteiger partial charge in [0.2, 0.25) is 0 Å². The van der Waals surface area contributed by atoms with Crippen LogP contribution < -0.4 is 0 Å². The molecule has 1 aromatic carbocycles. The zero-order chi connectivity index (χ0) is 14.7. The summed E-state index contributed by atoms with van der Waals surface area (Å²) >= 11 is 0. The number of hydrogen-bond acceptors (Lipinski definition) is 2. The van der Waals surface area contributed by atoms with E-state index in [2.05, 4.69) is 18.7 Å². The van der Waals surface area contributed by atoms with Crippen molar-refractivity contribution in [3.05, 3.63) is 34.9 Å². The normalized spacial score (nSPS) is 19.2. The highest BCUT2D eigenvalue weighted by atomic mass is 19.1. The van der Waals surface area contributed by atoms with E-state index < -0.39 is 11.6 Å². The van der Waals surface area contributed by atoms with Gasteiger partial charge in [-0.15, -0.1) is 0 Å². The molecule has 1 aliphatic heterocycles. The van der Waals surface area contributed by atoms with Crippen molar-refractivity contribution in [1.82, 2.24) is 4.90 Å². The molecular formula is C16H23F2NO. The molecular weight excluding hydrogens is 260 g/mol. The minimum Gasteiger partial charge on any atom is -0.381 e. The SMILES string of the molecule is Cc1c(F)cc(CN(CC2CCOC2)C(C)C)cc1F. The van der Waals surface area contributed by atoms with Gasteiger partial charge in [0.1, 0.15) is 11.6 Å². The number of ether oxygens (including phenoxy) is 1. The van der Waals surface area contributed by atoms with Gasteiger partial charge in [0, 0.05) is 31.3 Å². The Kier molecular flexibility index (Phi) is 5.11. The lowest BCUT2D eigenvalue weighted by atomic mass is 10.1. The van der Waals surface area contributed by atoms with Crippen molar-refractivity contribution in [3.8, 4) is 0 Å². The third-order valence-corrected chi connectivity index (χ3v) is 3.97. The zero-order valence-electron chi connectivity index (χ0n) is 12.5. The average molecular weight is 283 g/mol. The van der Waals surface area contributed by atoms with Crippen LogP contribution in [0.5, 0.6) is 0 Å². The van der Waals surface area contributed by atoms with Crippen LogP contribution in [0.25, 0.3) is 0 Å². The van der Waals surface area contributed by atoms with Crippen LogP contribution in [0.3, 0.4) is 0 Å². The van der Waals surface area contributed by atoms with Crippen LogP contribution in [-0.4, -0.2) is 30.7 Å². The highest BCUT2D eigenvalue weighted by Crippen LogP contribution is 2.20. The Morgan fingerprint density at radius 3 is 2.45 bits per heavy atom. The van der Waals surface area contributed by atoms with E-state index in [1.54, 1.807) is 0 Å². The van der Waals surface area contributed by atoms with Gasteiger partial charge in [-0.3, -0.25) is 4.90 Å². The summed E-state index contributed by atoms with van der Waals surface area (Å²) in [6.45, 7) is 8.78. The lowest BCUT2D eigenvalue weighted by Gasteiger charge is -2.29. The first-order valence-electron chi connectivity index (χ1n) is 7.23. The topological polar surface area (TPSA) is 12.5 Å². The molecule has 0 aromatic heterocycles. The van der Waals surface area contributed by atoms with Gasteiger partial charge in [-0.25, -0.2) is 8.78 Å². The summed E-state index contributed by atoms with van der Waals surface area (Å²) in [7, 11) is 0. The summed E-state index contributed by atoms with van der Waals surface area (Å²) in [5.41, 5.74) is 0.784. The fourth-order valence-electron chi connectivity index (χ4n) is 2.54. The fourth-order valence-corrected chi connectivity index (χ4v) is 2.54. The smallest absolute Gasteiger partial charge is 0.129 e. The van der Waals surface area contributed by atoms with E-state index in [1.807, 2.05) is 0 Å². The maximum absolute atomic E-state index is 13.6. The van der Waals surface area contributed by atoms with E-state index in [0.29, 0.717) is 24.1 Å². The van der Waals surface area contributed by atoms with Gasteiger partial charge in [0.25, 0.3) is 0 Å². The van der Waals surface area contributed by atoms with Gasteiger partial charge in [-0.2, -0.15) is 0 Å². The fraction of sp³-hybridized carbons (Fsp3) is 0.625. The van der Waals surface area contributed by atoms with Crippen molar-refractivity contribution in [1.29, 1.82) is 0 Å². The molecule has 0 saturated carbocycles. The second kappa shape index (κ2) is 6.64. The van der Waals surface area contributed by atoms with Crippen LogP contribution in [0.4, 0.5) is 8.78 Å². The zero-order valence-corrected chi connectivity index (χ0v) is 12.5. The molecule has 2 nitrogen and oxygen atoms in total. The van der Waals surface area contributed by atoms with Crippen molar-refractivity contribution >= 4 is 0 Å². The molecule has 1 atom stereocenters. The Balaban J connectivity index is 2.07. The Morgan fingerprint density at radius 1 is 1.30 bits per heavy atom. The molecule has 0 aliphatic carbocycles. The van der Waals surface area contributed by atoms with Crippen LogP contribution in [0.2, 0.25) is 0 Å². The van der Waals surface area contributed by atoms with Crippen LogP contribution in [0, 0.1) is 24.5 Å². The Hall–Kier alpha value is -1.00. The maximum Gasteiger partial charge on any atom is 0.129 e. The average Bonchev–Trinajstić information content (AvgIpc) is 2.88. The molecule has 1 aromatic rings. The van der Waals surface area contributed by atoms with Crippen LogP contribution in [0.15, 0.2) is 12.1 Å². The van der Waals surface area contributed by atoms with E-state index in [9.17, 15) is 8.78 Å². The van der Waals surface area contributed by atoms with Crippen molar-refractivity contribution in [2.24, 2.45) is 5.92 Å². The first-order chi connectivity index (χ1) is 9.47. The minimum atomic E-state index is -0.465. The number of nitrogens with zero attached hydrogens (tertiary/aromatic N) is 1. The summed E-state index contributed by atoms with van der Waals surface area (Å²) in [6.07, 6.45) is 1.07. The number of hydrogen-bond donors (Lipinski definition) is 0. The van der Waals surface area contributed by atoms with Crippen molar-refractivity contribution in [2.75, 3.05) is 19.8 Å². The molecule has 0 N–H and O–H groups in total. The van der Waals surface area contributed by atoms with E-state index >= 15 is 0 Å². The molecule has 1 aliphatic rings. The second-order valence-electron chi connectivity index (χ2n) is 5.94. The van der Waals surface area contributed by atoms with Crippen molar-refractivity contribution in [3.63, 3.8) is 0 Å². The van der Waals surface area contributed by atoms with Crippen LogP contribution >= 0.6 is 0 Å². The lowest BCUT2D eigenvalue weighted by Crippen LogP contribution is -2.35. The monoisotopic (exact) mass is 283 g/mol. The molecule has 112 valence electrons. The molecule has 1 saturated heterocycles. The Bertz CT molecular complexity index is 433. The Labute approximate surface area is 119 Å². The minimum absolute atomic E-state index is 0.0917. The molecule has 4 heteroatoms. The van der Waals surface area contributed by atoms with Gasteiger partial charge in [0.05, 0.1) is 6.61 Å². The molecule has 1 fully saturated rings. The van der Waals surface area contributed by atoms with Gasteiger partial charge in [-0.1, -0.05) is 0 Å². The van der Waals surface area contributed by atoms with Gasteiger partial charge in [0.15, 0.2) is 0 Å². The Morgan fingerprint density at radius 2 is 1.95 bits per heavy atom. The second-order valence-corrected chi connectivity index (χ2v) is 5.94. The van der Waals surface area contributed by atoms with Gasteiger partial charge in [-0.05, 0) is 50.8 Å². The molecule has 1 unspecified atom stereocenters. The van der Waals surface area contributed by atoms with E-state index in [1.165, 1.54) is 19.1 Å². The molecule has 2 rings (SSSR count). The predicted octanol–water partition coefficient (Wildman–Crippen LogP) is 3.52. The van der Waals surface area contributed by atoms with E-state index in [-0.39, 0.29) is 5.56 Å². The highest BCUT2D eigenvalue weighted by Gasteiger charge is 2.21. The highest BCUT2D eigenvalue weighted by molar-refractivity contribution is 5.25. The van der Waals surface area contributed by atoms with E-state index in [0.717, 1.165) is 26.2 Å². The number of halogens is 2. The maximum atomic E-state index is 13.6. The van der Waals surface area contributed by atoms with Crippen LogP contribution in [-0.2, 0) is 11.3 Å². The number of rotatable bonds is 5. The first-order valence-corrected chi connectivity index (χ1v) is 7.23. The summed E-state index contributed by atoms with van der Waals surface area (Å²) in [5, 5.41) is 0. The van der Waals surface area contributed by atoms with Crippen molar-refractivity contribution in [2.45, 2.75) is 39.8 Å². The van der Waals surface area contributed by atoms with Crippen molar-refractivity contribution < 1.29 is 13.5 Å². The summed E-state index contributed by atoms with van der Waals surface area (Å²) in [5.74, 6) is -0.404. The number of benzene rings is 1. The molecule has 20 heavy (non-hydrogen) atoms. The molecule has 1 heterocycles. The third kappa shape index (κ3) is 3.76. The quantitative estimate of drug-likeness (QED) is 0.820. The third-order valence-electron chi connectivity index (χ3n) is 3.97. The largest absolute Gasteiger partial charge is 0.381 e. The van der Waals surface area contributed by atoms with Gasteiger partial charge >= 0.3 is 0 Å². The van der Waals surface area contributed by atoms with Gasteiger partial charge < -0.3 is 4.74 Å². The van der Waals surface area contributed by atoms with Crippen LogP contribution in [0.1, 0.15) is 31.4 Å². The summed E-state index contributed by atoms with van der Waals surface area (Å²) in [4.78, 5) is 2.25. The molecule has 0 amide bonds. The first kappa shape index (κ1) is 15.4. The summed E-state index contributed by atoms with van der Waals surface area (Å²) < 4.78 is 32.6. The molecule has 0 spiro atoms. The lowest BCUT2D eigenvalue weighted by molar-refractivity contribution is 0.148. The predicted molar refractivity (Wildman–Crippen MR) is 75.6 cm³/mol.